The van der Waals surface area contributed by atoms with E-state index in [1.54, 1.807) is 11.3 Å². The average molecular weight is 267 g/mol. The number of hydrogen-bond acceptors (Lipinski definition) is 4. The zero-order chi connectivity index (χ0) is 13.1. The van der Waals surface area contributed by atoms with E-state index in [9.17, 15) is 4.79 Å². The van der Waals surface area contributed by atoms with Gasteiger partial charge in [-0.15, -0.1) is 11.3 Å². The van der Waals surface area contributed by atoms with Crippen LogP contribution in [0.3, 0.4) is 0 Å². The molecule has 2 N–H and O–H groups in total. The Hall–Kier alpha value is -0.940. The number of anilines is 1. The number of rotatable bonds is 3. The van der Waals surface area contributed by atoms with Crippen molar-refractivity contribution in [1.82, 2.24) is 10.3 Å². The van der Waals surface area contributed by atoms with Gasteiger partial charge in [0, 0.05) is 16.8 Å². The molecule has 1 aliphatic heterocycles. The second-order valence-corrected chi connectivity index (χ2v) is 6.14. The molecule has 2 unspecified atom stereocenters. The van der Waals surface area contributed by atoms with Crippen LogP contribution in [-0.4, -0.2) is 23.5 Å². The second kappa shape index (κ2) is 5.80. The van der Waals surface area contributed by atoms with Gasteiger partial charge in [0.05, 0.1) is 5.69 Å². The first-order valence-corrected chi connectivity index (χ1v) is 7.42. The number of nitrogens with one attached hydrogen (secondary N) is 2. The van der Waals surface area contributed by atoms with Crippen molar-refractivity contribution >= 4 is 22.4 Å². The number of hydrogen-bond donors (Lipinski definition) is 2. The van der Waals surface area contributed by atoms with Gasteiger partial charge in [-0.3, -0.25) is 4.79 Å². The molecular weight excluding hydrogens is 246 g/mol. The van der Waals surface area contributed by atoms with Crippen molar-refractivity contribution in [3.63, 3.8) is 0 Å². The molecule has 1 fully saturated rings. The summed E-state index contributed by atoms with van der Waals surface area (Å²) in [5.74, 6) is 0.246. The van der Waals surface area contributed by atoms with Gasteiger partial charge in [0.25, 0.3) is 0 Å². The number of thiazole rings is 1. The Bertz CT molecular complexity index is 430. The Morgan fingerprint density at radius 1 is 1.61 bits per heavy atom. The summed E-state index contributed by atoms with van der Waals surface area (Å²) < 4.78 is 0. The molecule has 0 radical (unpaired) electrons. The number of nitrogens with zero attached hydrogens (tertiary/aromatic N) is 1. The van der Waals surface area contributed by atoms with Gasteiger partial charge in [0.2, 0.25) is 5.91 Å². The van der Waals surface area contributed by atoms with Crippen molar-refractivity contribution in [3.05, 3.63) is 10.6 Å². The maximum atomic E-state index is 12.1. The highest BCUT2D eigenvalue weighted by Gasteiger charge is 2.25. The fraction of sp³-hybridized carbons (Fsp3) is 0.692. The minimum atomic E-state index is 0.121. The molecule has 0 spiro atoms. The number of carbonyl (C=O) groups excluding carboxylic acids is 1. The van der Waals surface area contributed by atoms with Gasteiger partial charge >= 0.3 is 0 Å². The van der Waals surface area contributed by atoms with Crippen LogP contribution >= 0.6 is 11.3 Å². The van der Waals surface area contributed by atoms with Crippen LogP contribution in [-0.2, 0) is 11.2 Å². The highest BCUT2D eigenvalue weighted by molar-refractivity contribution is 7.15. The SMILES string of the molecule is CCc1nc(NC(=O)C2CCNC(C)C2)sc1C. The van der Waals surface area contributed by atoms with Crippen molar-refractivity contribution in [2.45, 2.75) is 46.1 Å². The first-order chi connectivity index (χ1) is 8.60. The summed E-state index contributed by atoms with van der Waals surface area (Å²) in [6.45, 7) is 7.19. The molecule has 0 bridgehead atoms. The van der Waals surface area contributed by atoms with Gasteiger partial charge < -0.3 is 10.6 Å². The van der Waals surface area contributed by atoms with E-state index < -0.39 is 0 Å². The van der Waals surface area contributed by atoms with Gasteiger partial charge in [-0.25, -0.2) is 4.98 Å². The summed E-state index contributed by atoms with van der Waals surface area (Å²) in [5.41, 5.74) is 1.09. The van der Waals surface area contributed by atoms with E-state index in [0.717, 1.165) is 36.6 Å². The Morgan fingerprint density at radius 3 is 3.00 bits per heavy atom. The molecule has 100 valence electrons. The van der Waals surface area contributed by atoms with Gasteiger partial charge in [0.15, 0.2) is 5.13 Å². The van der Waals surface area contributed by atoms with E-state index in [-0.39, 0.29) is 11.8 Å². The summed E-state index contributed by atoms with van der Waals surface area (Å²) in [6.07, 6.45) is 2.75. The monoisotopic (exact) mass is 267 g/mol. The molecule has 0 saturated carbocycles. The standard InChI is InChI=1S/C13H21N3OS/c1-4-11-9(3)18-13(15-11)16-12(17)10-5-6-14-8(2)7-10/h8,10,14H,4-7H2,1-3H3,(H,15,16,17). The lowest BCUT2D eigenvalue weighted by molar-refractivity contribution is -0.120. The van der Waals surface area contributed by atoms with Crippen LogP contribution in [0.15, 0.2) is 0 Å². The van der Waals surface area contributed by atoms with E-state index in [2.05, 4.69) is 36.4 Å². The van der Waals surface area contributed by atoms with Crippen LogP contribution in [0.2, 0.25) is 0 Å². The number of aromatic nitrogens is 1. The topological polar surface area (TPSA) is 54.0 Å². The lowest BCUT2D eigenvalue weighted by atomic mass is 9.92. The number of aryl methyl sites for hydroxylation is 2. The molecular formula is C13H21N3OS. The van der Waals surface area contributed by atoms with Crippen LogP contribution in [0.5, 0.6) is 0 Å². The zero-order valence-corrected chi connectivity index (χ0v) is 12.1. The Labute approximate surface area is 112 Å². The molecule has 1 amide bonds. The quantitative estimate of drug-likeness (QED) is 0.884. The van der Waals surface area contributed by atoms with E-state index in [1.807, 2.05) is 0 Å². The second-order valence-electron chi connectivity index (χ2n) is 4.94. The molecule has 4 nitrogen and oxygen atoms in total. The summed E-state index contributed by atoms with van der Waals surface area (Å²) in [4.78, 5) is 17.8. The summed E-state index contributed by atoms with van der Waals surface area (Å²) in [6, 6.07) is 0.429. The summed E-state index contributed by atoms with van der Waals surface area (Å²) in [5, 5.41) is 7.08. The smallest absolute Gasteiger partial charge is 0.229 e. The average Bonchev–Trinajstić information content (AvgIpc) is 2.69. The Kier molecular flexibility index (Phi) is 4.35. The zero-order valence-electron chi connectivity index (χ0n) is 11.2. The molecule has 0 aliphatic carbocycles. The van der Waals surface area contributed by atoms with E-state index >= 15 is 0 Å². The lowest BCUT2D eigenvalue weighted by Gasteiger charge is -2.26. The van der Waals surface area contributed by atoms with Crippen LogP contribution < -0.4 is 10.6 Å². The lowest BCUT2D eigenvalue weighted by Crippen LogP contribution is -2.40. The van der Waals surface area contributed by atoms with Gasteiger partial charge in [-0.2, -0.15) is 0 Å². The first kappa shape index (κ1) is 13.5. The van der Waals surface area contributed by atoms with E-state index in [4.69, 9.17) is 0 Å². The third-order valence-electron chi connectivity index (χ3n) is 3.45. The predicted molar refractivity (Wildman–Crippen MR) is 75.0 cm³/mol. The van der Waals surface area contributed by atoms with Crippen molar-refractivity contribution in [2.75, 3.05) is 11.9 Å². The molecule has 1 saturated heterocycles. The minimum absolute atomic E-state index is 0.121. The number of carbonyl (C=O) groups is 1. The van der Waals surface area contributed by atoms with Crippen LogP contribution in [0.4, 0.5) is 5.13 Å². The van der Waals surface area contributed by atoms with Crippen molar-refractivity contribution in [1.29, 1.82) is 0 Å². The van der Waals surface area contributed by atoms with Crippen LogP contribution in [0.25, 0.3) is 0 Å². The maximum absolute atomic E-state index is 12.1. The molecule has 1 aromatic heterocycles. The molecule has 2 heterocycles. The van der Waals surface area contributed by atoms with E-state index in [0.29, 0.717) is 6.04 Å². The molecule has 18 heavy (non-hydrogen) atoms. The summed E-state index contributed by atoms with van der Waals surface area (Å²) in [7, 11) is 0. The highest BCUT2D eigenvalue weighted by Crippen LogP contribution is 2.24. The molecule has 5 heteroatoms. The molecule has 0 aromatic carbocycles. The molecule has 1 aromatic rings. The van der Waals surface area contributed by atoms with Crippen molar-refractivity contribution in [3.8, 4) is 0 Å². The number of amides is 1. The third-order valence-corrected chi connectivity index (χ3v) is 4.38. The number of piperidine rings is 1. The fourth-order valence-corrected chi connectivity index (χ4v) is 3.29. The summed E-state index contributed by atoms with van der Waals surface area (Å²) >= 11 is 1.57. The Balaban J connectivity index is 1.97. The van der Waals surface area contributed by atoms with Crippen molar-refractivity contribution in [2.24, 2.45) is 5.92 Å². The van der Waals surface area contributed by atoms with Crippen LogP contribution in [0, 0.1) is 12.8 Å². The third kappa shape index (κ3) is 3.09. The normalized spacial score (nSPS) is 23.9. The maximum Gasteiger partial charge on any atom is 0.229 e. The fourth-order valence-electron chi connectivity index (χ4n) is 2.39. The highest BCUT2D eigenvalue weighted by atomic mass is 32.1. The molecule has 1 aliphatic rings. The largest absolute Gasteiger partial charge is 0.314 e. The van der Waals surface area contributed by atoms with Crippen LogP contribution in [0.1, 0.15) is 37.3 Å². The van der Waals surface area contributed by atoms with Gasteiger partial charge in [-0.05, 0) is 39.7 Å². The minimum Gasteiger partial charge on any atom is -0.314 e. The van der Waals surface area contributed by atoms with Gasteiger partial charge in [0.1, 0.15) is 0 Å². The van der Waals surface area contributed by atoms with Crippen molar-refractivity contribution < 1.29 is 4.79 Å². The molecule has 2 rings (SSSR count). The molecule has 2 atom stereocenters. The van der Waals surface area contributed by atoms with Gasteiger partial charge in [-0.1, -0.05) is 6.92 Å². The Morgan fingerprint density at radius 2 is 2.39 bits per heavy atom. The van der Waals surface area contributed by atoms with E-state index in [1.165, 1.54) is 4.88 Å². The predicted octanol–water partition coefficient (Wildman–Crippen LogP) is 2.34. The first-order valence-electron chi connectivity index (χ1n) is 6.60.